The summed E-state index contributed by atoms with van der Waals surface area (Å²) in [6.45, 7) is 28.1. The number of hydrogen-bond acceptors (Lipinski definition) is 3. The minimum absolute atomic E-state index is 0.0523. The summed E-state index contributed by atoms with van der Waals surface area (Å²) in [5.74, 6) is 2.06. The molecular weight excluding hydrogens is 691 g/mol. The van der Waals surface area contributed by atoms with Crippen molar-refractivity contribution in [2.75, 3.05) is 0 Å². The Morgan fingerprint density at radius 2 is 0.877 bits per heavy atom. The molecule has 1 aromatic heterocycles. The van der Waals surface area contributed by atoms with Gasteiger partial charge in [0.1, 0.15) is 0 Å². The topological polar surface area (TPSA) is 38.7 Å². The molecule has 5 aromatic carbocycles. The fraction of sp³-hybridized carbons (Fsp3) is 0.315. The molecule has 3 aliphatic carbocycles. The fourth-order valence-corrected chi connectivity index (χ4v) is 10.2. The molecule has 0 amide bonds. The monoisotopic (exact) mass is 745 g/mol. The molecule has 0 unspecified atom stereocenters. The van der Waals surface area contributed by atoms with Crippen LogP contribution < -0.4 is 0 Å². The van der Waals surface area contributed by atoms with Gasteiger partial charge < -0.3 is 0 Å². The number of hydrogen-bond donors (Lipinski definition) is 0. The first kappa shape index (κ1) is 37.2. The van der Waals surface area contributed by atoms with Gasteiger partial charge in [-0.2, -0.15) is 0 Å². The van der Waals surface area contributed by atoms with Crippen LogP contribution in [-0.4, -0.2) is 15.0 Å². The Labute approximate surface area is 340 Å². The lowest BCUT2D eigenvalue weighted by Crippen LogP contribution is -2.42. The Kier molecular flexibility index (Phi) is 8.02. The lowest BCUT2D eigenvalue weighted by molar-refractivity contribution is 0.125. The lowest BCUT2D eigenvalue weighted by atomic mass is 9.59. The van der Waals surface area contributed by atoms with Crippen LogP contribution in [0, 0.1) is 5.41 Å². The zero-order chi connectivity index (χ0) is 40.4. The van der Waals surface area contributed by atoms with E-state index in [1.807, 2.05) is 0 Å². The summed E-state index contributed by atoms with van der Waals surface area (Å²) in [6.07, 6.45) is 4.40. The molecule has 3 nitrogen and oxygen atoms in total. The molecule has 9 rings (SSSR count). The van der Waals surface area contributed by atoms with E-state index in [9.17, 15) is 0 Å². The van der Waals surface area contributed by atoms with Gasteiger partial charge in [0.2, 0.25) is 0 Å². The molecule has 1 heterocycles. The maximum absolute atomic E-state index is 5.25. The smallest absolute Gasteiger partial charge is 0.164 e. The van der Waals surface area contributed by atoms with Gasteiger partial charge in [0, 0.05) is 22.0 Å². The summed E-state index contributed by atoms with van der Waals surface area (Å²) in [5, 5.41) is 0. The van der Waals surface area contributed by atoms with Crippen molar-refractivity contribution < 1.29 is 0 Å². The van der Waals surface area contributed by atoms with E-state index < -0.39 is 0 Å². The molecule has 3 aliphatic rings. The van der Waals surface area contributed by atoms with Crippen molar-refractivity contribution in [2.24, 2.45) is 5.41 Å². The molecule has 0 saturated heterocycles. The summed E-state index contributed by atoms with van der Waals surface area (Å²) in [7, 11) is 0. The Morgan fingerprint density at radius 3 is 1.40 bits per heavy atom. The van der Waals surface area contributed by atoms with E-state index in [0.717, 1.165) is 16.7 Å². The quantitative estimate of drug-likeness (QED) is 0.165. The third-order valence-electron chi connectivity index (χ3n) is 15.2. The summed E-state index contributed by atoms with van der Waals surface area (Å²) >= 11 is 0. The summed E-state index contributed by atoms with van der Waals surface area (Å²) in [5.41, 5.74) is 18.9. The van der Waals surface area contributed by atoms with E-state index >= 15 is 0 Å². The van der Waals surface area contributed by atoms with Gasteiger partial charge in [0.25, 0.3) is 0 Å². The normalized spacial score (nSPS) is 18.7. The molecule has 0 aliphatic heterocycles. The molecule has 0 saturated carbocycles. The van der Waals surface area contributed by atoms with Crippen molar-refractivity contribution in [1.82, 2.24) is 15.0 Å². The second-order valence-electron chi connectivity index (χ2n) is 19.5. The first-order valence-corrected chi connectivity index (χ1v) is 20.6. The maximum atomic E-state index is 5.25. The molecular formula is C54H55N3. The molecule has 0 atom stereocenters. The number of benzene rings is 5. The van der Waals surface area contributed by atoms with Crippen molar-refractivity contribution in [2.45, 2.75) is 105 Å². The van der Waals surface area contributed by atoms with Crippen LogP contribution in [0.5, 0.6) is 0 Å². The Bertz CT molecular complexity index is 2610. The van der Waals surface area contributed by atoms with E-state index in [1.54, 1.807) is 0 Å². The number of rotatable bonds is 5. The van der Waals surface area contributed by atoms with E-state index in [4.69, 9.17) is 15.0 Å². The largest absolute Gasteiger partial charge is 0.209 e. The van der Waals surface area contributed by atoms with E-state index in [-0.39, 0.29) is 27.1 Å². The zero-order valence-corrected chi connectivity index (χ0v) is 35.8. The fourth-order valence-electron chi connectivity index (χ4n) is 10.2. The van der Waals surface area contributed by atoms with Crippen LogP contribution >= 0.6 is 0 Å². The predicted octanol–water partition coefficient (Wildman–Crippen LogP) is 13.9. The molecule has 0 bridgehead atoms. The minimum Gasteiger partial charge on any atom is -0.209 e. The van der Waals surface area contributed by atoms with Crippen LogP contribution in [-0.2, 0) is 21.7 Å². The van der Waals surface area contributed by atoms with Gasteiger partial charge in [-0.3, -0.25) is 0 Å². The third kappa shape index (κ3) is 5.27. The van der Waals surface area contributed by atoms with Gasteiger partial charge in [-0.1, -0.05) is 172 Å². The van der Waals surface area contributed by atoms with Gasteiger partial charge in [0.05, 0.1) is 0 Å². The van der Waals surface area contributed by atoms with E-state index in [1.165, 1.54) is 66.8 Å². The zero-order valence-electron chi connectivity index (χ0n) is 35.8. The number of aromatic nitrogens is 3. The van der Waals surface area contributed by atoms with Crippen molar-refractivity contribution >= 4 is 11.1 Å². The van der Waals surface area contributed by atoms with Crippen LogP contribution in [0.25, 0.3) is 56.2 Å². The van der Waals surface area contributed by atoms with E-state index in [2.05, 4.69) is 198 Å². The first-order valence-electron chi connectivity index (χ1n) is 20.6. The molecule has 57 heavy (non-hydrogen) atoms. The van der Waals surface area contributed by atoms with Crippen LogP contribution in [0.2, 0.25) is 0 Å². The molecule has 6 aromatic rings. The lowest BCUT2D eigenvalue weighted by Gasteiger charge is -2.44. The Morgan fingerprint density at radius 1 is 0.421 bits per heavy atom. The first-order chi connectivity index (χ1) is 26.9. The SMILES string of the molecule is C/C(=C\C=C(/C)c1nc(-c2ccc3c(c2)C(C)(C)c2ccccc2-3)nc(-c2ccc3c(c2)C(C)(C)c2ccccc2-3)n1)c1ccc2c(c1)C(C)(C)C(C)(C)C2(C)C. The highest BCUT2D eigenvalue weighted by Crippen LogP contribution is 2.61. The van der Waals surface area contributed by atoms with Crippen LogP contribution in [0.15, 0.2) is 115 Å². The standard InChI is InChI=1S/C54H55N3/c1-32(34-25-28-43-46(29-34)53(9,10)54(11,12)52(43,7)8)21-22-33(2)47-55-48(35-23-26-39-37-17-13-15-19-41(37)50(3,4)44(39)30-35)57-49(56-47)36-24-27-40-38-18-14-16-20-42(38)51(5,6)45(40)31-36/h13-31H,1-12H3/b32-21+,33-22+. The second-order valence-corrected chi connectivity index (χ2v) is 19.5. The molecule has 0 fully saturated rings. The number of nitrogens with zero attached hydrogens (tertiary/aromatic N) is 3. The molecule has 0 N–H and O–H groups in total. The summed E-state index contributed by atoms with van der Waals surface area (Å²) in [4.78, 5) is 15.7. The van der Waals surface area contributed by atoms with Crippen molar-refractivity contribution in [3.63, 3.8) is 0 Å². The van der Waals surface area contributed by atoms with Crippen LogP contribution in [0.3, 0.4) is 0 Å². The summed E-state index contributed by atoms with van der Waals surface area (Å²) < 4.78 is 0. The maximum Gasteiger partial charge on any atom is 0.164 e. The van der Waals surface area contributed by atoms with Crippen molar-refractivity contribution in [1.29, 1.82) is 0 Å². The predicted molar refractivity (Wildman–Crippen MR) is 239 cm³/mol. The number of fused-ring (bicyclic) bond motifs is 7. The Hall–Kier alpha value is -5.41. The van der Waals surface area contributed by atoms with Crippen LogP contribution in [0.4, 0.5) is 0 Å². The Balaban J connectivity index is 1.15. The minimum atomic E-state index is -0.127. The highest BCUT2D eigenvalue weighted by atomic mass is 15.0. The average molecular weight is 746 g/mol. The molecule has 286 valence electrons. The second kappa shape index (κ2) is 12.3. The van der Waals surface area contributed by atoms with Gasteiger partial charge in [-0.05, 0) is 115 Å². The van der Waals surface area contributed by atoms with Crippen molar-refractivity contribution in [3.8, 4) is 45.0 Å². The highest BCUT2D eigenvalue weighted by molar-refractivity contribution is 5.85. The van der Waals surface area contributed by atoms with Gasteiger partial charge in [-0.15, -0.1) is 0 Å². The number of allylic oxidation sites excluding steroid dienone is 4. The molecule has 3 heteroatoms. The van der Waals surface area contributed by atoms with Crippen molar-refractivity contribution in [3.05, 3.63) is 160 Å². The van der Waals surface area contributed by atoms with Gasteiger partial charge in [0.15, 0.2) is 17.5 Å². The molecule has 0 radical (unpaired) electrons. The average Bonchev–Trinajstić information content (AvgIpc) is 3.62. The van der Waals surface area contributed by atoms with E-state index in [0.29, 0.717) is 17.5 Å². The highest BCUT2D eigenvalue weighted by Gasteiger charge is 2.56. The summed E-state index contributed by atoms with van der Waals surface area (Å²) in [6, 6.07) is 38.2. The molecule has 0 spiro atoms. The van der Waals surface area contributed by atoms with Gasteiger partial charge >= 0.3 is 0 Å². The third-order valence-corrected chi connectivity index (χ3v) is 15.2. The van der Waals surface area contributed by atoms with Gasteiger partial charge in [-0.25, -0.2) is 15.0 Å². The van der Waals surface area contributed by atoms with Crippen LogP contribution in [0.1, 0.15) is 128 Å².